The van der Waals surface area contributed by atoms with E-state index in [1.165, 1.54) is 16.1 Å². The number of urea groups is 1. The van der Waals surface area contributed by atoms with Crippen molar-refractivity contribution in [1.82, 2.24) is 24.3 Å². The van der Waals surface area contributed by atoms with E-state index in [9.17, 15) is 14.4 Å². The van der Waals surface area contributed by atoms with Crippen molar-refractivity contribution in [3.63, 3.8) is 0 Å². The van der Waals surface area contributed by atoms with Crippen molar-refractivity contribution >= 4 is 52.4 Å². The molecule has 4 heterocycles. The smallest absolute Gasteiger partial charge is 0.332 e. The molecule has 0 bridgehead atoms. The molecule has 0 spiro atoms. The van der Waals surface area contributed by atoms with E-state index in [4.69, 9.17) is 21.3 Å². The predicted octanol–water partition coefficient (Wildman–Crippen LogP) is 5.99. The Morgan fingerprint density at radius 1 is 1.00 bits per heavy atom. The molecule has 2 N–H and O–H groups in total. The molecule has 0 radical (unpaired) electrons. The molecule has 3 aliphatic rings. The number of hydrogen-bond acceptors (Lipinski definition) is 8. The quantitative estimate of drug-likeness (QED) is 0.163. The van der Waals surface area contributed by atoms with E-state index in [1.54, 1.807) is 13.2 Å². The lowest BCUT2D eigenvalue weighted by Gasteiger charge is -2.19. The number of nitrogens with zero attached hydrogens (tertiary/aromatic N) is 6. The second-order valence-corrected chi connectivity index (χ2v) is 13.2. The van der Waals surface area contributed by atoms with E-state index >= 15 is 0 Å². The third kappa shape index (κ3) is 6.39. The number of imide groups is 1. The number of amides is 4. The van der Waals surface area contributed by atoms with Crippen LogP contribution in [0, 0.1) is 5.92 Å². The largest absolute Gasteiger partial charge is 0.497 e. The molecule has 3 fully saturated rings. The number of halogens is 1. The van der Waals surface area contributed by atoms with Crippen LogP contribution in [0.2, 0.25) is 5.02 Å². The zero-order valence-corrected chi connectivity index (χ0v) is 27.4. The lowest BCUT2D eigenvalue weighted by Crippen LogP contribution is -2.32. The van der Waals surface area contributed by atoms with Gasteiger partial charge in [-0.1, -0.05) is 35.9 Å². The van der Waals surface area contributed by atoms with Crippen LogP contribution in [0.3, 0.4) is 0 Å². The Labute approximate surface area is 287 Å². The van der Waals surface area contributed by atoms with Crippen molar-refractivity contribution in [2.24, 2.45) is 5.92 Å². The standard InChI is InChI=1S/C36H33ClN8O4/c1-49-27-9-5-21(6-10-27)16-45-33(46)19-44(36(45)48)30-12-24(22-7-8-22)17-43-18-26(41-34(30)43)15-38-31-14-32(40-20-39-31)42-35(47)29-13-28(29)23-3-2-4-25(37)11-23/h2-6,9-12,14,17-18,20,22,28-29H,7-8,13,15-16,19H2,1H3,(H2,38,39,40,42,47)/t28-,29+/m1/s1. The van der Waals surface area contributed by atoms with Crippen LogP contribution in [0.25, 0.3) is 5.65 Å². The van der Waals surface area contributed by atoms with Crippen LogP contribution in [0.4, 0.5) is 22.1 Å². The third-order valence-electron chi connectivity index (χ3n) is 9.27. The van der Waals surface area contributed by atoms with Crippen molar-refractivity contribution in [3.05, 3.63) is 107 Å². The highest BCUT2D eigenvalue weighted by Crippen LogP contribution is 2.48. The fourth-order valence-electron chi connectivity index (χ4n) is 6.39. The fraction of sp³-hybridized carbons (Fsp3) is 0.278. The molecular formula is C36H33ClN8O4. The molecule has 8 rings (SSSR count). The van der Waals surface area contributed by atoms with Crippen LogP contribution < -0.4 is 20.3 Å². The summed E-state index contributed by atoms with van der Waals surface area (Å²) in [6, 6.07) is 18.2. The van der Waals surface area contributed by atoms with Gasteiger partial charge in [0.25, 0.3) is 5.91 Å². The van der Waals surface area contributed by atoms with Gasteiger partial charge in [0.05, 0.1) is 31.6 Å². The van der Waals surface area contributed by atoms with Crippen LogP contribution in [0.5, 0.6) is 5.75 Å². The zero-order chi connectivity index (χ0) is 33.6. The van der Waals surface area contributed by atoms with Gasteiger partial charge in [0.1, 0.15) is 30.3 Å². The number of imidazole rings is 1. The van der Waals surface area contributed by atoms with Crippen molar-refractivity contribution in [2.45, 2.75) is 44.2 Å². The van der Waals surface area contributed by atoms with Gasteiger partial charge >= 0.3 is 6.03 Å². The molecule has 3 aromatic heterocycles. The van der Waals surface area contributed by atoms with Crippen LogP contribution in [-0.4, -0.2) is 55.8 Å². The van der Waals surface area contributed by atoms with Crippen LogP contribution in [0.1, 0.15) is 53.5 Å². The number of ether oxygens (including phenoxy) is 1. The summed E-state index contributed by atoms with van der Waals surface area (Å²) < 4.78 is 7.16. The van der Waals surface area contributed by atoms with Gasteiger partial charge in [-0.05, 0) is 78.1 Å². The van der Waals surface area contributed by atoms with Crippen molar-refractivity contribution in [3.8, 4) is 5.75 Å². The van der Waals surface area contributed by atoms with Gasteiger partial charge in [0, 0.05) is 29.4 Å². The van der Waals surface area contributed by atoms with E-state index in [0.29, 0.717) is 51.9 Å². The molecule has 2 aromatic carbocycles. The van der Waals surface area contributed by atoms with E-state index in [2.05, 4.69) is 26.8 Å². The monoisotopic (exact) mass is 676 g/mol. The Bertz CT molecular complexity index is 2100. The number of aromatic nitrogens is 4. The van der Waals surface area contributed by atoms with Gasteiger partial charge in [-0.25, -0.2) is 19.7 Å². The summed E-state index contributed by atoms with van der Waals surface area (Å²) in [5.41, 5.74) is 4.91. The molecule has 1 saturated heterocycles. The first-order chi connectivity index (χ1) is 23.8. The molecule has 49 heavy (non-hydrogen) atoms. The SMILES string of the molecule is COc1ccc(CN2C(=O)CN(c3cc(C4CC4)cn4cc(CNc5cc(NC(=O)[C@H]6C[C@@H]6c6cccc(Cl)c6)ncn5)nc34)C2=O)cc1. The summed E-state index contributed by atoms with van der Waals surface area (Å²) in [6.45, 7) is 0.445. The number of anilines is 3. The second kappa shape index (κ2) is 12.5. The number of rotatable bonds is 11. The molecule has 5 aromatic rings. The molecule has 13 heteroatoms. The Hall–Kier alpha value is -5.49. The number of benzene rings is 2. The van der Waals surface area contributed by atoms with Crippen LogP contribution in [-0.2, 0) is 22.7 Å². The van der Waals surface area contributed by atoms with Crippen LogP contribution >= 0.6 is 11.6 Å². The summed E-state index contributed by atoms with van der Waals surface area (Å²) in [5.74, 6) is 1.71. The fourth-order valence-corrected chi connectivity index (χ4v) is 6.59. The van der Waals surface area contributed by atoms with E-state index < -0.39 is 0 Å². The Morgan fingerprint density at radius 3 is 2.59 bits per heavy atom. The van der Waals surface area contributed by atoms with Gasteiger partial charge in [-0.2, -0.15) is 0 Å². The summed E-state index contributed by atoms with van der Waals surface area (Å²) >= 11 is 6.13. The summed E-state index contributed by atoms with van der Waals surface area (Å²) in [6.07, 6.45) is 8.30. The number of pyridine rings is 1. The minimum Gasteiger partial charge on any atom is -0.497 e. The van der Waals surface area contributed by atoms with Crippen molar-refractivity contribution in [1.29, 1.82) is 0 Å². The van der Waals surface area contributed by atoms with E-state index in [0.717, 1.165) is 36.0 Å². The van der Waals surface area contributed by atoms with E-state index in [-0.39, 0.29) is 42.8 Å². The molecule has 2 saturated carbocycles. The number of methoxy groups -OCH3 is 1. The highest BCUT2D eigenvalue weighted by atomic mass is 35.5. The molecular weight excluding hydrogens is 644 g/mol. The summed E-state index contributed by atoms with van der Waals surface area (Å²) in [7, 11) is 1.59. The topological polar surface area (TPSA) is 134 Å². The Balaban J connectivity index is 0.965. The van der Waals surface area contributed by atoms with E-state index in [1.807, 2.05) is 65.2 Å². The average molecular weight is 677 g/mol. The molecule has 1 aliphatic heterocycles. The second-order valence-electron chi connectivity index (χ2n) is 12.7. The normalized spacial score (nSPS) is 18.7. The Morgan fingerprint density at radius 2 is 1.82 bits per heavy atom. The average Bonchev–Trinajstić information content (AvgIpc) is 4.04. The first-order valence-corrected chi connectivity index (χ1v) is 16.6. The van der Waals surface area contributed by atoms with Gasteiger partial charge in [0.2, 0.25) is 5.91 Å². The van der Waals surface area contributed by atoms with Crippen molar-refractivity contribution < 1.29 is 19.1 Å². The van der Waals surface area contributed by atoms with Gasteiger partial charge < -0.3 is 19.8 Å². The van der Waals surface area contributed by atoms with Gasteiger partial charge in [-0.3, -0.25) is 19.4 Å². The lowest BCUT2D eigenvalue weighted by molar-refractivity contribution is -0.125. The van der Waals surface area contributed by atoms with Crippen molar-refractivity contribution in [2.75, 3.05) is 29.2 Å². The third-order valence-corrected chi connectivity index (χ3v) is 9.51. The number of carbonyl (C=O) groups excluding carboxylic acids is 3. The lowest BCUT2D eigenvalue weighted by atomic mass is 10.1. The maximum atomic E-state index is 13.7. The molecule has 2 aliphatic carbocycles. The maximum absolute atomic E-state index is 13.7. The Kier molecular flexibility index (Phi) is 7.87. The molecule has 0 unspecified atom stereocenters. The first kappa shape index (κ1) is 30.8. The molecule has 4 amide bonds. The molecule has 2 atom stereocenters. The highest BCUT2D eigenvalue weighted by molar-refractivity contribution is 6.30. The number of fused-ring (bicyclic) bond motifs is 1. The number of nitrogens with one attached hydrogen (secondary N) is 2. The predicted molar refractivity (Wildman–Crippen MR) is 184 cm³/mol. The molecule has 12 nitrogen and oxygen atoms in total. The summed E-state index contributed by atoms with van der Waals surface area (Å²) in [4.78, 5) is 55.9. The maximum Gasteiger partial charge on any atom is 0.332 e. The summed E-state index contributed by atoms with van der Waals surface area (Å²) in [5, 5.41) is 6.85. The van der Waals surface area contributed by atoms with Crippen LogP contribution in [0.15, 0.2) is 79.4 Å². The van der Waals surface area contributed by atoms with Gasteiger partial charge in [0.15, 0.2) is 5.65 Å². The van der Waals surface area contributed by atoms with Gasteiger partial charge in [-0.15, -0.1) is 0 Å². The number of carbonyl (C=O) groups is 3. The first-order valence-electron chi connectivity index (χ1n) is 16.2. The minimum atomic E-state index is -0.376. The number of hydrogen-bond donors (Lipinski definition) is 2. The minimum absolute atomic E-state index is 0.0602. The highest BCUT2D eigenvalue weighted by Gasteiger charge is 2.44. The zero-order valence-electron chi connectivity index (χ0n) is 26.7. The molecule has 248 valence electrons.